The summed E-state index contributed by atoms with van der Waals surface area (Å²) >= 11 is 0. The number of aliphatic hydroxyl groups excluding tert-OH is 1. The molecule has 1 heterocycles. The number of hydrogen-bond donors (Lipinski definition) is 3. The summed E-state index contributed by atoms with van der Waals surface area (Å²) in [6.45, 7) is 1.88. The minimum Gasteiger partial charge on any atom is -0.466 e. The van der Waals surface area contributed by atoms with Crippen molar-refractivity contribution in [1.29, 1.82) is 0 Å². The molecule has 1 rings (SSSR count). The lowest BCUT2D eigenvalue weighted by Crippen LogP contribution is -2.49. The Kier molecular flexibility index (Phi) is 6.52. The van der Waals surface area contributed by atoms with E-state index in [0.29, 0.717) is 19.4 Å². The van der Waals surface area contributed by atoms with Crippen LogP contribution in [0.25, 0.3) is 0 Å². The van der Waals surface area contributed by atoms with Gasteiger partial charge in [0.1, 0.15) is 6.10 Å². The number of nitrogens with zero attached hydrogens (tertiary/aromatic N) is 1. The number of carbonyl (C=O) groups is 2. The van der Waals surface area contributed by atoms with Gasteiger partial charge in [-0.3, -0.25) is 9.59 Å². The molecule has 9 nitrogen and oxygen atoms in total. The number of hydrogen-bond acceptors (Lipinski definition) is 6. The van der Waals surface area contributed by atoms with Gasteiger partial charge < -0.3 is 15.6 Å². The van der Waals surface area contributed by atoms with Crippen molar-refractivity contribution in [3.63, 3.8) is 0 Å². The molecule has 122 valence electrons. The molecule has 10 heteroatoms. The van der Waals surface area contributed by atoms with Gasteiger partial charge >= 0.3 is 5.97 Å². The Balaban J connectivity index is 2.48. The lowest BCUT2D eigenvalue weighted by molar-refractivity contribution is -0.149. The fraction of sp³-hybridized carbons (Fsp3) is 0.818. The monoisotopic (exact) mass is 323 g/mol. The largest absolute Gasteiger partial charge is 0.466 e. The van der Waals surface area contributed by atoms with E-state index >= 15 is 0 Å². The summed E-state index contributed by atoms with van der Waals surface area (Å²) < 4.78 is 32.1. The van der Waals surface area contributed by atoms with Gasteiger partial charge in [-0.15, -0.1) is 0 Å². The Morgan fingerprint density at radius 3 is 2.48 bits per heavy atom. The highest BCUT2D eigenvalue weighted by molar-refractivity contribution is 7.87. The Hall–Kier alpha value is -1.23. The Labute approximate surface area is 123 Å². The van der Waals surface area contributed by atoms with E-state index in [4.69, 9.17) is 10.5 Å². The maximum absolute atomic E-state index is 12.0. The molecule has 1 unspecified atom stereocenters. The number of esters is 1. The number of carbonyl (C=O) groups excluding carboxylic acids is 2. The molecule has 21 heavy (non-hydrogen) atoms. The lowest BCUT2D eigenvalue weighted by Gasteiger charge is -2.30. The van der Waals surface area contributed by atoms with Crippen LogP contribution < -0.4 is 10.5 Å². The molecule has 0 radical (unpaired) electrons. The summed E-state index contributed by atoms with van der Waals surface area (Å²) in [6.07, 6.45) is -0.826. The summed E-state index contributed by atoms with van der Waals surface area (Å²) in [5, 5.41) is 9.18. The Morgan fingerprint density at radius 2 is 2.00 bits per heavy atom. The minimum absolute atomic E-state index is 0.172. The minimum atomic E-state index is -3.81. The molecular formula is C11H21N3O6S. The molecule has 0 aromatic carbocycles. The van der Waals surface area contributed by atoms with Gasteiger partial charge in [-0.2, -0.15) is 17.4 Å². The maximum atomic E-state index is 12.0. The molecule has 1 saturated heterocycles. The number of amides is 1. The van der Waals surface area contributed by atoms with E-state index in [1.807, 2.05) is 0 Å². The molecule has 0 bridgehead atoms. The zero-order valence-corrected chi connectivity index (χ0v) is 12.6. The Bertz CT molecular complexity index is 472. The molecule has 0 saturated carbocycles. The zero-order valence-electron chi connectivity index (χ0n) is 11.8. The number of ether oxygens (including phenoxy) is 1. The molecule has 1 fully saturated rings. The van der Waals surface area contributed by atoms with Crippen molar-refractivity contribution in [1.82, 2.24) is 9.03 Å². The van der Waals surface area contributed by atoms with E-state index in [1.54, 1.807) is 6.92 Å². The average molecular weight is 323 g/mol. The normalized spacial score (nSPS) is 19.1. The van der Waals surface area contributed by atoms with Crippen LogP contribution in [0.4, 0.5) is 0 Å². The smallest absolute Gasteiger partial charge is 0.309 e. The van der Waals surface area contributed by atoms with Gasteiger partial charge in [0.25, 0.3) is 10.2 Å². The molecule has 4 N–H and O–H groups in total. The first-order chi connectivity index (χ1) is 9.77. The first kappa shape index (κ1) is 17.8. The van der Waals surface area contributed by atoms with Gasteiger partial charge in [-0.05, 0) is 19.8 Å². The van der Waals surface area contributed by atoms with E-state index < -0.39 is 28.8 Å². The summed E-state index contributed by atoms with van der Waals surface area (Å²) in [5.74, 6) is -1.61. The molecule has 0 aliphatic carbocycles. The van der Waals surface area contributed by atoms with Gasteiger partial charge in [-0.25, -0.2) is 0 Å². The predicted octanol–water partition coefficient (Wildman–Crippen LogP) is -2.06. The summed E-state index contributed by atoms with van der Waals surface area (Å²) in [4.78, 5) is 22.2. The first-order valence-corrected chi connectivity index (χ1v) is 8.10. The van der Waals surface area contributed by atoms with Crippen LogP contribution in [0.5, 0.6) is 0 Å². The van der Waals surface area contributed by atoms with Crippen molar-refractivity contribution >= 4 is 22.1 Å². The predicted molar refractivity (Wildman–Crippen MR) is 73.1 cm³/mol. The quantitative estimate of drug-likeness (QED) is 0.460. The third-order valence-corrected chi connectivity index (χ3v) is 4.78. The van der Waals surface area contributed by atoms with Crippen LogP contribution in [0, 0.1) is 5.92 Å². The van der Waals surface area contributed by atoms with Crippen molar-refractivity contribution in [2.24, 2.45) is 11.7 Å². The van der Waals surface area contributed by atoms with E-state index in [0.717, 1.165) is 4.31 Å². The highest BCUT2D eigenvalue weighted by Crippen LogP contribution is 2.20. The van der Waals surface area contributed by atoms with Crippen molar-refractivity contribution in [3.05, 3.63) is 0 Å². The van der Waals surface area contributed by atoms with Crippen molar-refractivity contribution < 1.29 is 27.9 Å². The van der Waals surface area contributed by atoms with Gasteiger partial charge in [0.2, 0.25) is 5.91 Å². The number of aliphatic hydroxyl groups is 1. The number of primary amides is 1. The van der Waals surface area contributed by atoms with Gasteiger partial charge in [0.15, 0.2) is 0 Å². The van der Waals surface area contributed by atoms with E-state index in [9.17, 15) is 23.1 Å². The fourth-order valence-corrected chi connectivity index (χ4v) is 3.21. The third kappa shape index (κ3) is 5.23. The molecule has 1 atom stereocenters. The van der Waals surface area contributed by atoms with Gasteiger partial charge in [0.05, 0.1) is 12.5 Å². The molecule has 1 aliphatic rings. The number of nitrogens with two attached hydrogens (primary N) is 1. The molecule has 0 aromatic rings. The van der Waals surface area contributed by atoms with Crippen LogP contribution >= 0.6 is 0 Å². The Morgan fingerprint density at radius 1 is 1.43 bits per heavy atom. The van der Waals surface area contributed by atoms with Crippen molar-refractivity contribution in [2.45, 2.75) is 25.9 Å². The van der Waals surface area contributed by atoms with Crippen LogP contribution in [0.1, 0.15) is 19.8 Å². The number of nitrogens with one attached hydrogen (secondary N) is 1. The molecule has 1 aliphatic heterocycles. The second-order valence-electron chi connectivity index (χ2n) is 4.70. The van der Waals surface area contributed by atoms with Crippen LogP contribution in [0.2, 0.25) is 0 Å². The van der Waals surface area contributed by atoms with E-state index in [1.165, 1.54) is 0 Å². The van der Waals surface area contributed by atoms with Crippen molar-refractivity contribution in [2.75, 3.05) is 26.2 Å². The van der Waals surface area contributed by atoms with Crippen LogP contribution in [-0.2, 0) is 24.5 Å². The molecular weight excluding hydrogens is 302 g/mol. The van der Waals surface area contributed by atoms with E-state index in [2.05, 4.69) is 4.72 Å². The SMILES string of the molecule is CCOC(=O)C1CCN(S(=O)(=O)NCC(O)C(N)=O)CC1. The summed E-state index contributed by atoms with van der Waals surface area (Å²) in [6, 6.07) is 0. The average Bonchev–Trinajstić information content (AvgIpc) is 2.45. The first-order valence-electron chi connectivity index (χ1n) is 6.66. The van der Waals surface area contributed by atoms with Crippen LogP contribution in [-0.4, -0.2) is 62.1 Å². The van der Waals surface area contributed by atoms with Crippen LogP contribution in [0.15, 0.2) is 0 Å². The highest BCUT2D eigenvalue weighted by atomic mass is 32.2. The molecule has 1 amide bonds. The molecule has 0 aromatic heterocycles. The second kappa shape index (κ2) is 7.69. The third-order valence-electron chi connectivity index (χ3n) is 3.20. The number of rotatable bonds is 7. The van der Waals surface area contributed by atoms with Gasteiger partial charge in [-0.1, -0.05) is 0 Å². The second-order valence-corrected chi connectivity index (χ2v) is 6.45. The van der Waals surface area contributed by atoms with Crippen LogP contribution in [0.3, 0.4) is 0 Å². The lowest BCUT2D eigenvalue weighted by atomic mass is 9.98. The van der Waals surface area contributed by atoms with Gasteiger partial charge in [0, 0.05) is 19.6 Å². The maximum Gasteiger partial charge on any atom is 0.309 e. The summed E-state index contributed by atoms with van der Waals surface area (Å²) in [5.41, 5.74) is 4.84. The molecule has 0 spiro atoms. The summed E-state index contributed by atoms with van der Waals surface area (Å²) in [7, 11) is -3.81. The number of piperidine rings is 1. The fourth-order valence-electron chi connectivity index (χ4n) is 1.97. The highest BCUT2D eigenvalue weighted by Gasteiger charge is 2.32. The van der Waals surface area contributed by atoms with E-state index in [-0.39, 0.29) is 25.0 Å². The zero-order chi connectivity index (χ0) is 16.0. The van der Waals surface area contributed by atoms with Crippen molar-refractivity contribution in [3.8, 4) is 0 Å². The topological polar surface area (TPSA) is 139 Å². The standard InChI is InChI=1S/C11H21N3O6S/c1-2-20-11(17)8-3-5-14(6-4-8)21(18,19)13-7-9(15)10(12)16/h8-9,13,15H,2-7H2,1H3,(H2,12,16).